The molecule has 1 fully saturated rings. The summed E-state index contributed by atoms with van der Waals surface area (Å²) in [6.45, 7) is 5.98. The third kappa shape index (κ3) is 4.30. The Morgan fingerprint density at radius 3 is 2.53 bits per heavy atom. The minimum Gasteiger partial charge on any atom is -0.394 e. The standard InChI is InChI=1S/C16H26N2O/c1-2-10-18-11-8-15(9-12-18)17-16(13-19)14-6-4-3-5-7-14/h3-7,15-17,19H,2,8-13H2,1H3/t16-/m1/s1. The van der Waals surface area contributed by atoms with Crippen molar-refractivity contribution < 1.29 is 5.11 Å². The van der Waals surface area contributed by atoms with Gasteiger partial charge in [0.2, 0.25) is 0 Å². The molecule has 1 saturated heterocycles. The number of hydrogen-bond acceptors (Lipinski definition) is 3. The molecule has 19 heavy (non-hydrogen) atoms. The first-order valence-corrected chi connectivity index (χ1v) is 7.47. The molecule has 0 aliphatic carbocycles. The summed E-state index contributed by atoms with van der Waals surface area (Å²) in [7, 11) is 0. The van der Waals surface area contributed by atoms with Crippen LogP contribution in [0.5, 0.6) is 0 Å². The Kier molecular flexibility index (Phi) is 5.83. The van der Waals surface area contributed by atoms with Crippen molar-refractivity contribution in [2.45, 2.75) is 38.3 Å². The lowest BCUT2D eigenvalue weighted by atomic mass is 10.0. The average molecular weight is 262 g/mol. The fourth-order valence-electron chi connectivity index (χ4n) is 2.86. The number of benzene rings is 1. The molecule has 1 atom stereocenters. The molecule has 0 aromatic heterocycles. The van der Waals surface area contributed by atoms with Gasteiger partial charge in [0, 0.05) is 6.04 Å². The van der Waals surface area contributed by atoms with Crippen LogP contribution in [0.15, 0.2) is 30.3 Å². The number of piperidine rings is 1. The Bertz CT molecular complexity index is 347. The van der Waals surface area contributed by atoms with Crippen molar-refractivity contribution in [3.8, 4) is 0 Å². The van der Waals surface area contributed by atoms with E-state index < -0.39 is 0 Å². The summed E-state index contributed by atoms with van der Waals surface area (Å²) in [4.78, 5) is 2.54. The number of aliphatic hydroxyl groups excluding tert-OH is 1. The summed E-state index contributed by atoms with van der Waals surface area (Å²) < 4.78 is 0. The Balaban J connectivity index is 1.84. The third-order valence-corrected chi connectivity index (χ3v) is 3.95. The highest BCUT2D eigenvalue weighted by atomic mass is 16.3. The van der Waals surface area contributed by atoms with Crippen molar-refractivity contribution >= 4 is 0 Å². The molecule has 0 unspecified atom stereocenters. The van der Waals surface area contributed by atoms with Crippen LogP contribution in [0.3, 0.4) is 0 Å². The van der Waals surface area contributed by atoms with Gasteiger partial charge in [-0.2, -0.15) is 0 Å². The van der Waals surface area contributed by atoms with Gasteiger partial charge >= 0.3 is 0 Å². The molecule has 0 saturated carbocycles. The monoisotopic (exact) mass is 262 g/mol. The van der Waals surface area contributed by atoms with E-state index >= 15 is 0 Å². The van der Waals surface area contributed by atoms with Crippen LogP contribution in [0.4, 0.5) is 0 Å². The molecule has 106 valence electrons. The van der Waals surface area contributed by atoms with E-state index in [9.17, 15) is 5.11 Å². The molecule has 3 nitrogen and oxygen atoms in total. The first-order valence-electron chi connectivity index (χ1n) is 7.47. The maximum absolute atomic E-state index is 9.57. The predicted molar refractivity (Wildman–Crippen MR) is 79.2 cm³/mol. The molecule has 0 bridgehead atoms. The molecular weight excluding hydrogens is 236 g/mol. The lowest BCUT2D eigenvalue weighted by Gasteiger charge is -2.34. The van der Waals surface area contributed by atoms with E-state index in [-0.39, 0.29) is 12.6 Å². The fourth-order valence-corrected chi connectivity index (χ4v) is 2.86. The van der Waals surface area contributed by atoms with E-state index in [2.05, 4.69) is 29.3 Å². The van der Waals surface area contributed by atoms with Gasteiger partial charge in [0.15, 0.2) is 0 Å². The van der Waals surface area contributed by atoms with Crippen LogP contribution in [0.1, 0.15) is 37.8 Å². The lowest BCUT2D eigenvalue weighted by molar-refractivity contribution is 0.172. The molecule has 0 radical (unpaired) electrons. The predicted octanol–water partition coefficient (Wildman–Crippen LogP) is 2.18. The molecule has 1 aliphatic heterocycles. The van der Waals surface area contributed by atoms with Gasteiger partial charge in [0.1, 0.15) is 0 Å². The van der Waals surface area contributed by atoms with Crippen LogP contribution in [0.2, 0.25) is 0 Å². The molecule has 2 rings (SSSR count). The van der Waals surface area contributed by atoms with Crippen LogP contribution >= 0.6 is 0 Å². The van der Waals surface area contributed by atoms with Crippen LogP contribution in [-0.2, 0) is 0 Å². The van der Waals surface area contributed by atoms with Gasteiger partial charge in [-0.1, -0.05) is 37.3 Å². The SMILES string of the molecule is CCCN1CCC(N[C@H](CO)c2ccccc2)CC1. The maximum atomic E-state index is 9.57. The Labute approximate surface area is 116 Å². The summed E-state index contributed by atoms with van der Waals surface area (Å²) in [6, 6.07) is 10.9. The largest absolute Gasteiger partial charge is 0.394 e. The van der Waals surface area contributed by atoms with Crippen LogP contribution in [-0.4, -0.2) is 42.3 Å². The zero-order valence-electron chi connectivity index (χ0n) is 11.9. The minimum absolute atomic E-state index is 0.0731. The zero-order valence-corrected chi connectivity index (χ0v) is 11.9. The summed E-state index contributed by atoms with van der Waals surface area (Å²) >= 11 is 0. The summed E-state index contributed by atoms with van der Waals surface area (Å²) in [5.41, 5.74) is 1.18. The molecule has 1 aliphatic rings. The van der Waals surface area contributed by atoms with E-state index in [0.29, 0.717) is 6.04 Å². The van der Waals surface area contributed by atoms with E-state index in [0.717, 1.165) is 0 Å². The van der Waals surface area contributed by atoms with Crippen LogP contribution < -0.4 is 5.32 Å². The highest BCUT2D eigenvalue weighted by Gasteiger charge is 2.21. The van der Waals surface area contributed by atoms with Crippen LogP contribution in [0, 0.1) is 0 Å². The molecular formula is C16H26N2O. The summed E-state index contributed by atoms with van der Waals surface area (Å²) in [5, 5.41) is 13.2. The topological polar surface area (TPSA) is 35.5 Å². The average Bonchev–Trinajstić information content (AvgIpc) is 2.48. The van der Waals surface area contributed by atoms with Gasteiger partial charge in [-0.05, 0) is 44.5 Å². The van der Waals surface area contributed by atoms with Crippen molar-refractivity contribution in [3.05, 3.63) is 35.9 Å². The van der Waals surface area contributed by atoms with E-state index in [1.165, 1.54) is 44.5 Å². The fraction of sp³-hybridized carbons (Fsp3) is 0.625. The van der Waals surface area contributed by atoms with E-state index in [4.69, 9.17) is 0 Å². The smallest absolute Gasteiger partial charge is 0.0626 e. The van der Waals surface area contributed by atoms with E-state index in [1.54, 1.807) is 0 Å². The van der Waals surface area contributed by atoms with Crippen molar-refractivity contribution in [1.82, 2.24) is 10.2 Å². The number of hydrogen-bond donors (Lipinski definition) is 2. The molecule has 1 aromatic carbocycles. The highest BCUT2D eigenvalue weighted by Crippen LogP contribution is 2.17. The van der Waals surface area contributed by atoms with Crippen molar-refractivity contribution in [2.24, 2.45) is 0 Å². The second-order valence-corrected chi connectivity index (χ2v) is 5.43. The van der Waals surface area contributed by atoms with Gasteiger partial charge in [-0.3, -0.25) is 0 Å². The maximum Gasteiger partial charge on any atom is 0.0626 e. The molecule has 2 N–H and O–H groups in total. The second kappa shape index (κ2) is 7.63. The number of rotatable bonds is 6. The molecule has 0 spiro atoms. The Morgan fingerprint density at radius 2 is 1.95 bits per heavy atom. The molecule has 3 heteroatoms. The summed E-state index contributed by atoms with van der Waals surface area (Å²) in [6.07, 6.45) is 3.61. The number of nitrogens with one attached hydrogen (secondary N) is 1. The van der Waals surface area contributed by atoms with E-state index in [1.807, 2.05) is 18.2 Å². The van der Waals surface area contributed by atoms with Crippen LogP contribution in [0.25, 0.3) is 0 Å². The highest BCUT2D eigenvalue weighted by molar-refractivity contribution is 5.19. The molecule has 0 amide bonds. The number of aliphatic hydroxyl groups is 1. The molecule has 1 aromatic rings. The number of nitrogens with zero attached hydrogens (tertiary/aromatic N) is 1. The van der Waals surface area contributed by atoms with Crippen molar-refractivity contribution in [1.29, 1.82) is 0 Å². The van der Waals surface area contributed by atoms with Crippen molar-refractivity contribution in [2.75, 3.05) is 26.2 Å². The minimum atomic E-state index is 0.0731. The first-order chi connectivity index (χ1) is 9.33. The van der Waals surface area contributed by atoms with Gasteiger partial charge in [-0.15, -0.1) is 0 Å². The van der Waals surface area contributed by atoms with Gasteiger partial charge in [0.05, 0.1) is 12.6 Å². The molecule has 1 heterocycles. The summed E-state index contributed by atoms with van der Waals surface area (Å²) in [5.74, 6) is 0. The Hall–Kier alpha value is -0.900. The third-order valence-electron chi connectivity index (χ3n) is 3.95. The number of likely N-dealkylation sites (tertiary alicyclic amines) is 1. The normalized spacial score (nSPS) is 19.5. The quantitative estimate of drug-likeness (QED) is 0.825. The van der Waals surface area contributed by atoms with Gasteiger partial charge in [-0.25, -0.2) is 0 Å². The zero-order chi connectivity index (χ0) is 13.5. The van der Waals surface area contributed by atoms with Gasteiger partial charge < -0.3 is 15.3 Å². The van der Waals surface area contributed by atoms with Crippen molar-refractivity contribution in [3.63, 3.8) is 0 Å². The lowest BCUT2D eigenvalue weighted by Crippen LogP contribution is -2.44. The Morgan fingerprint density at radius 1 is 1.26 bits per heavy atom. The first kappa shape index (κ1) is 14.5. The second-order valence-electron chi connectivity index (χ2n) is 5.43. The van der Waals surface area contributed by atoms with Gasteiger partial charge in [0.25, 0.3) is 0 Å².